The molecule has 1 N–H and O–H groups in total. The van der Waals surface area contributed by atoms with E-state index in [0.717, 1.165) is 0 Å². The number of carbonyl (C=O) groups is 1. The zero-order chi connectivity index (χ0) is 13.0. The van der Waals surface area contributed by atoms with Crippen LogP contribution >= 0.6 is 0 Å². The van der Waals surface area contributed by atoms with E-state index in [1.807, 2.05) is 0 Å². The Morgan fingerprint density at radius 2 is 1.89 bits per heavy atom. The molecule has 4 heteroatoms. The molecule has 0 spiro atoms. The van der Waals surface area contributed by atoms with Crippen molar-refractivity contribution in [1.29, 1.82) is 0 Å². The molecule has 2 aromatic rings. The molecule has 0 radical (unpaired) electrons. The Kier molecular flexibility index (Phi) is 3.69. The minimum Gasteiger partial charge on any atom is -0.496 e. The topological polar surface area (TPSA) is 59.4 Å². The number of aliphatic hydroxyl groups is 1. The van der Waals surface area contributed by atoms with Gasteiger partial charge in [-0.05, 0) is 29.8 Å². The van der Waals surface area contributed by atoms with Crippen LogP contribution in [0.1, 0.15) is 22.0 Å². The number of hydrogen-bond donors (Lipinski definition) is 1. The molecule has 1 unspecified atom stereocenters. The number of ketones is 1. The van der Waals surface area contributed by atoms with E-state index in [1.54, 1.807) is 36.4 Å². The van der Waals surface area contributed by atoms with E-state index in [-0.39, 0.29) is 0 Å². The van der Waals surface area contributed by atoms with Crippen molar-refractivity contribution in [2.75, 3.05) is 7.11 Å². The van der Waals surface area contributed by atoms with E-state index in [2.05, 4.69) is 4.98 Å². The lowest BCUT2D eigenvalue weighted by atomic mass is 10.0. The summed E-state index contributed by atoms with van der Waals surface area (Å²) in [5.41, 5.74) is 0.880. The van der Waals surface area contributed by atoms with E-state index >= 15 is 0 Å². The number of benzene rings is 1. The molecule has 18 heavy (non-hydrogen) atoms. The van der Waals surface area contributed by atoms with Gasteiger partial charge in [0.1, 0.15) is 11.9 Å². The molecule has 1 aromatic heterocycles. The fourth-order valence-corrected chi connectivity index (χ4v) is 1.69. The molecule has 0 bridgehead atoms. The molecule has 2 rings (SSSR count). The average molecular weight is 243 g/mol. The molecule has 0 saturated heterocycles. The maximum Gasteiger partial charge on any atom is 0.199 e. The summed E-state index contributed by atoms with van der Waals surface area (Å²) < 4.78 is 5.11. The Bertz CT molecular complexity index is 540. The molecule has 1 atom stereocenters. The zero-order valence-electron chi connectivity index (χ0n) is 9.91. The highest BCUT2D eigenvalue weighted by atomic mass is 16.5. The van der Waals surface area contributed by atoms with Gasteiger partial charge in [-0.25, -0.2) is 0 Å². The van der Waals surface area contributed by atoms with Crippen LogP contribution in [0.2, 0.25) is 0 Å². The number of para-hydroxylation sites is 1. The van der Waals surface area contributed by atoms with Crippen LogP contribution in [0.15, 0.2) is 48.8 Å². The minimum atomic E-state index is -1.20. The van der Waals surface area contributed by atoms with Crippen molar-refractivity contribution in [1.82, 2.24) is 4.98 Å². The van der Waals surface area contributed by atoms with Crippen LogP contribution in [0.25, 0.3) is 0 Å². The van der Waals surface area contributed by atoms with E-state index in [0.29, 0.717) is 16.9 Å². The van der Waals surface area contributed by atoms with Crippen molar-refractivity contribution >= 4 is 5.78 Å². The van der Waals surface area contributed by atoms with Crippen LogP contribution < -0.4 is 4.74 Å². The fraction of sp³-hybridized carbons (Fsp3) is 0.143. The van der Waals surface area contributed by atoms with Crippen molar-refractivity contribution in [3.63, 3.8) is 0 Å². The van der Waals surface area contributed by atoms with Crippen molar-refractivity contribution < 1.29 is 14.6 Å². The highest BCUT2D eigenvalue weighted by Gasteiger charge is 2.21. The van der Waals surface area contributed by atoms with Crippen LogP contribution in [-0.4, -0.2) is 23.0 Å². The predicted octanol–water partition coefficient (Wildman–Crippen LogP) is 2.01. The molecular weight excluding hydrogens is 230 g/mol. The van der Waals surface area contributed by atoms with E-state index in [1.165, 1.54) is 19.5 Å². The Hall–Kier alpha value is -2.20. The molecule has 0 aliphatic rings. The maximum atomic E-state index is 12.2. The number of aliphatic hydroxyl groups excluding tert-OH is 1. The summed E-state index contributed by atoms with van der Waals surface area (Å²) in [4.78, 5) is 16.0. The second-order valence-corrected chi connectivity index (χ2v) is 3.75. The highest BCUT2D eigenvalue weighted by Crippen LogP contribution is 2.24. The third-order valence-corrected chi connectivity index (χ3v) is 2.64. The number of aromatic nitrogens is 1. The summed E-state index contributed by atoms with van der Waals surface area (Å²) >= 11 is 0. The summed E-state index contributed by atoms with van der Waals surface area (Å²) in [5, 5.41) is 10.0. The normalized spacial score (nSPS) is 11.9. The van der Waals surface area contributed by atoms with Crippen LogP contribution in [0, 0.1) is 0 Å². The molecule has 1 heterocycles. The SMILES string of the molecule is COc1ccccc1C(=O)C(O)c1ccncc1. The second kappa shape index (κ2) is 5.42. The number of Topliss-reactive ketones (excluding diaryl/α,β-unsaturated/α-hetero) is 1. The van der Waals surface area contributed by atoms with Crippen molar-refractivity contribution in [2.24, 2.45) is 0 Å². The van der Waals surface area contributed by atoms with Crippen LogP contribution in [0.3, 0.4) is 0 Å². The summed E-state index contributed by atoms with van der Waals surface area (Å²) in [6.45, 7) is 0. The minimum absolute atomic E-state index is 0.365. The number of rotatable bonds is 4. The number of pyridine rings is 1. The van der Waals surface area contributed by atoms with Gasteiger partial charge in [-0.3, -0.25) is 9.78 Å². The molecule has 4 nitrogen and oxygen atoms in total. The van der Waals surface area contributed by atoms with Gasteiger partial charge in [0.15, 0.2) is 5.78 Å². The first-order valence-electron chi connectivity index (χ1n) is 5.49. The fourth-order valence-electron chi connectivity index (χ4n) is 1.69. The lowest BCUT2D eigenvalue weighted by Gasteiger charge is -2.12. The highest BCUT2D eigenvalue weighted by molar-refractivity contribution is 6.02. The number of methoxy groups -OCH3 is 1. The van der Waals surface area contributed by atoms with E-state index in [4.69, 9.17) is 4.74 Å². The van der Waals surface area contributed by atoms with Gasteiger partial charge < -0.3 is 9.84 Å². The lowest BCUT2D eigenvalue weighted by molar-refractivity contribution is 0.0744. The molecule has 0 amide bonds. The Balaban J connectivity index is 2.32. The first kappa shape index (κ1) is 12.3. The molecule has 0 aliphatic carbocycles. The first-order chi connectivity index (χ1) is 8.74. The molecule has 92 valence electrons. The Morgan fingerprint density at radius 1 is 1.22 bits per heavy atom. The van der Waals surface area contributed by atoms with Gasteiger partial charge in [-0.2, -0.15) is 0 Å². The number of nitrogens with zero attached hydrogens (tertiary/aromatic N) is 1. The number of ether oxygens (including phenoxy) is 1. The lowest BCUT2D eigenvalue weighted by Crippen LogP contribution is -2.13. The van der Waals surface area contributed by atoms with E-state index in [9.17, 15) is 9.90 Å². The van der Waals surface area contributed by atoms with Crippen molar-refractivity contribution in [3.8, 4) is 5.75 Å². The van der Waals surface area contributed by atoms with Gasteiger partial charge in [0.05, 0.1) is 12.7 Å². The summed E-state index contributed by atoms with van der Waals surface area (Å²) in [6, 6.07) is 10.0. The van der Waals surface area contributed by atoms with E-state index < -0.39 is 11.9 Å². The summed E-state index contributed by atoms with van der Waals surface area (Å²) in [5.74, 6) is 0.0641. The van der Waals surface area contributed by atoms with Gasteiger partial charge in [0.25, 0.3) is 0 Å². The number of hydrogen-bond acceptors (Lipinski definition) is 4. The quantitative estimate of drug-likeness (QED) is 0.834. The molecule has 1 aromatic carbocycles. The molecule has 0 aliphatic heterocycles. The van der Waals surface area contributed by atoms with Gasteiger partial charge in [0.2, 0.25) is 0 Å². The monoisotopic (exact) mass is 243 g/mol. The number of carbonyl (C=O) groups excluding carboxylic acids is 1. The maximum absolute atomic E-state index is 12.2. The third kappa shape index (κ3) is 2.38. The standard InChI is InChI=1S/C14H13NO3/c1-18-12-5-3-2-4-11(12)14(17)13(16)10-6-8-15-9-7-10/h2-9,13,16H,1H3. The predicted molar refractivity (Wildman–Crippen MR) is 66.5 cm³/mol. The second-order valence-electron chi connectivity index (χ2n) is 3.75. The summed E-state index contributed by atoms with van der Waals surface area (Å²) in [7, 11) is 1.49. The van der Waals surface area contributed by atoms with Gasteiger partial charge in [-0.1, -0.05) is 12.1 Å². The van der Waals surface area contributed by atoms with Crippen molar-refractivity contribution in [2.45, 2.75) is 6.10 Å². The Labute approximate surface area is 105 Å². The average Bonchev–Trinajstić information content (AvgIpc) is 2.46. The van der Waals surface area contributed by atoms with Gasteiger partial charge in [-0.15, -0.1) is 0 Å². The largest absolute Gasteiger partial charge is 0.496 e. The van der Waals surface area contributed by atoms with Gasteiger partial charge >= 0.3 is 0 Å². The zero-order valence-corrected chi connectivity index (χ0v) is 9.91. The smallest absolute Gasteiger partial charge is 0.199 e. The molecule has 0 fully saturated rings. The summed E-state index contributed by atoms with van der Waals surface area (Å²) in [6.07, 6.45) is 1.87. The molecular formula is C14H13NO3. The van der Waals surface area contributed by atoms with Crippen LogP contribution in [-0.2, 0) is 0 Å². The Morgan fingerprint density at radius 3 is 2.56 bits per heavy atom. The van der Waals surface area contributed by atoms with Crippen LogP contribution in [0.5, 0.6) is 5.75 Å². The molecule has 0 saturated carbocycles. The third-order valence-electron chi connectivity index (χ3n) is 2.64. The van der Waals surface area contributed by atoms with Crippen LogP contribution in [0.4, 0.5) is 0 Å². The first-order valence-corrected chi connectivity index (χ1v) is 5.49. The van der Waals surface area contributed by atoms with Crippen molar-refractivity contribution in [3.05, 3.63) is 59.9 Å². The van der Waals surface area contributed by atoms with Gasteiger partial charge in [0, 0.05) is 12.4 Å².